The van der Waals surface area contributed by atoms with Crippen molar-refractivity contribution < 1.29 is 17.9 Å². The van der Waals surface area contributed by atoms with E-state index in [2.05, 4.69) is 4.72 Å². The first-order chi connectivity index (χ1) is 9.33. The molecule has 0 heterocycles. The first-order valence-corrected chi connectivity index (χ1v) is 8.41. The van der Waals surface area contributed by atoms with Gasteiger partial charge in [-0.3, -0.25) is 0 Å². The Kier molecular flexibility index (Phi) is 4.92. The molecule has 1 saturated carbocycles. The van der Waals surface area contributed by atoms with Crippen molar-refractivity contribution in [3.05, 3.63) is 28.0 Å². The molecule has 0 saturated heterocycles. The van der Waals surface area contributed by atoms with Crippen LogP contribution in [0.25, 0.3) is 0 Å². The van der Waals surface area contributed by atoms with Crippen molar-refractivity contribution in [2.75, 3.05) is 0 Å². The van der Waals surface area contributed by atoms with E-state index >= 15 is 0 Å². The third-order valence-electron chi connectivity index (χ3n) is 3.33. The van der Waals surface area contributed by atoms with Crippen LogP contribution in [0.4, 0.5) is 4.39 Å². The zero-order valence-corrected chi connectivity index (χ0v) is 12.8. The van der Waals surface area contributed by atoms with Gasteiger partial charge in [-0.15, -0.1) is 0 Å². The van der Waals surface area contributed by atoms with Gasteiger partial charge in [-0.25, -0.2) is 17.5 Å². The second-order valence-corrected chi connectivity index (χ2v) is 7.22. The number of aliphatic hydroxyl groups excluding tert-OH is 1. The summed E-state index contributed by atoms with van der Waals surface area (Å²) >= 11 is 11.2. The van der Waals surface area contributed by atoms with Crippen LogP contribution in [-0.2, 0) is 10.0 Å². The Morgan fingerprint density at radius 1 is 1.25 bits per heavy atom. The molecule has 0 amide bonds. The van der Waals surface area contributed by atoms with Gasteiger partial charge in [0.2, 0.25) is 10.0 Å². The summed E-state index contributed by atoms with van der Waals surface area (Å²) in [5.74, 6) is -0.972. The lowest BCUT2D eigenvalue weighted by atomic mass is 9.93. The average molecular weight is 342 g/mol. The molecule has 0 aliphatic heterocycles. The summed E-state index contributed by atoms with van der Waals surface area (Å²) in [6, 6.07) is 1.70. The van der Waals surface area contributed by atoms with Gasteiger partial charge in [0.05, 0.1) is 16.1 Å². The number of benzene rings is 1. The summed E-state index contributed by atoms with van der Waals surface area (Å²) in [5, 5.41) is 9.00. The third-order valence-corrected chi connectivity index (χ3v) is 5.63. The first-order valence-electron chi connectivity index (χ1n) is 6.17. The number of nitrogens with one attached hydrogen (secondary N) is 1. The fourth-order valence-electron chi connectivity index (χ4n) is 2.23. The molecule has 2 atom stereocenters. The van der Waals surface area contributed by atoms with Gasteiger partial charge in [0, 0.05) is 6.04 Å². The summed E-state index contributed by atoms with van der Waals surface area (Å²) in [5.41, 5.74) is 0. The van der Waals surface area contributed by atoms with Gasteiger partial charge >= 0.3 is 0 Å². The molecule has 2 rings (SSSR count). The highest BCUT2D eigenvalue weighted by atomic mass is 35.5. The standard InChI is InChI=1S/C12H14Cl2FNO3S/c13-7-5-6-10(11(14)12(7)15)20(18,19)16-8-3-1-2-4-9(8)17/h5-6,8-9,16-17H,1-4H2. The molecule has 1 aromatic carbocycles. The van der Waals surface area contributed by atoms with Gasteiger partial charge in [0.15, 0.2) is 5.82 Å². The zero-order chi connectivity index (χ0) is 14.9. The molecule has 8 heteroatoms. The van der Waals surface area contributed by atoms with Crippen LogP contribution >= 0.6 is 23.2 Å². The minimum absolute atomic E-state index is 0.244. The Balaban J connectivity index is 2.29. The highest BCUT2D eigenvalue weighted by molar-refractivity contribution is 7.89. The van der Waals surface area contributed by atoms with Gasteiger partial charge in [0.1, 0.15) is 4.90 Å². The van der Waals surface area contributed by atoms with E-state index in [4.69, 9.17) is 23.2 Å². The van der Waals surface area contributed by atoms with Crippen LogP contribution in [0.1, 0.15) is 25.7 Å². The summed E-state index contributed by atoms with van der Waals surface area (Å²) < 4.78 is 40.4. The van der Waals surface area contributed by atoms with Crippen LogP contribution in [0.15, 0.2) is 17.0 Å². The van der Waals surface area contributed by atoms with E-state index in [9.17, 15) is 17.9 Å². The molecule has 4 nitrogen and oxygen atoms in total. The fourth-order valence-corrected chi connectivity index (χ4v) is 4.28. The topological polar surface area (TPSA) is 66.4 Å². The van der Waals surface area contributed by atoms with E-state index < -0.39 is 33.0 Å². The lowest BCUT2D eigenvalue weighted by Gasteiger charge is -2.28. The Morgan fingerprint density at radius 2 is 1.90 bits per heavy atom. The van der Waals surface area contributed by atoms with Crippen LogP contribution in [-0.4, -0.2) is 25.7 Å². The van der Waals surface area contributed by atoms with Gasteiger partial charge in [-0.1, -0.05) is 36.0 Å². The second kappa shape index (κ2) is 6.15. The molecule has 0 radical (unpaired) electrons. The lowest BCUT2D eigenvalue weighted by Crippen LogP contribution is -2.45. The van der Waals surface area contributed by atoms with Gasteiger partial charge in [-0.05, 0) is 25.0 Å². The van der Waals surface area contributed by atoms with Crippen molar-refractivity contribution in [3.63, 3.8) is 0 Å². The Morgan fingerprint density at radius 3 is 2.55 bits per heavy atom. The van der Waals surface area contributed by atoms with E-state index in [0.29, 0.717) is 12.8 Å². The van der Waals surface area contributed by atoms with Crippen molar-refractivity contribution >= 4 is 33.2 Å². The van der Waals surface area contributed by atoms with Crippen LogP contribution in [0.5, 0.6) is 0 Å². The maximum Gasteiger partial charge on any atom is 0.242 e. The smallest absolute Gasteiger partial charge is 0.242 e. The van der Waals surface area contributed by atoms with Crippen molar-refractivity contribution in [3.8, 4) is 0 Å². The van der Waals surface area contributed by atoms with Crippen LogP contribution in [0.2, 0.25) is 10.0 Å². The number of halogens is 3. The van der Waals surface area contributed by atoms with E-state index in [1.165, 1.54) is 0 Å². The number of rotatable bonds is 3. The van der Waals surface area contributed by atoms with Gasteiger partial charge in [-0.2, -0.15) is 0 Å². The Hall–Kier alpha value is -0.400. The molecule has 2 N–H and O–H groups in total. The number of hydrogen-bond acceptors (Lipinski definition) is 3. The molecular weight excluding hydrogens is 328 g/mol. The molecule has 1 fully saturated rings. The SMILES string of the molecule is O=S(=O)(NC1CCCCC1O)c1ccc(Cl)c(F)c1Cl. The predicted octanol–water partition coefficient (Wildman–Crippen LogP) is 2.71. The molecule has 0 bridgehead atoms. The van der Waals surface area contributed by atoms with Crippen molar-refractivity contribution in [1.29, 1.82) is 0 Å². The van der Waals surface area contributed by atoms with E-state index in [-0.39, 0.29) is 9.92 Å². The minimum Gasteiger partial charge on any atom is -0.391 e. The van der Waals surface area contributed by atoms with E-state index in [1.54, 1.807) is 0 Å². The highest BCUT2D eigenvalue weighted by Crippen LogP contribution is 2.30. The van der Waals surface area contributed by atoms with Gasteiger partial charge < -0.3 is 5.11 Å². The Bertz CT molecular complexity index is 609. The summed E-state index contributed by atoms with van der Waals surface area (Å²) in [7, 11) is -4.00. The summed E-state index contributed by atoms with van der Waals surface area (Å²) in [4.78, 5) is -0.376. The molecule has 1 aromatic rings. The molecular formula is C12H14Cl2FNO3S. The summed E-state index contributed by atoms with van der Waals surface area (Å²) in [6.07, 6.45) is 2.02. The molecule has 2 unspecified atom stereocenters. The van der Waals surface area contributed by atoms with Crippen molar-refractivity contribution in [1.82, 2.24) is 4.72 Å². The molecule has 20 heavy (non-hydrogen) atoms. The number of aliphatic hydroxyl groups is 1. The molecule has 0 spiro atoms. The van der Waals surface area contributed by atoms with E-state index in [0.717, 1.165) is 25.0 Å². The molecule has 0 aromatic heterocycles. The number of sulfonamides is 1. The van der Waals surface area contributed by atoms with Crippen molar-refractivity contribution in [2.45, 2.75) is 42.7 Å². The normalized spacial score (nSPS) is 23.8. The minimum atomic E-state index is -4.00. The van der Waals surface area contributed by atoms with Crippen LogP contribution in [0.3, 0.4) is 0 Å². The second-order valence-electron chi connectivity index (χ2n) is 4.75. The van der Waals surface area contributed by atoms with Crippen molar-refractivity contribution in [2.24, 2.45) is 0 Å². The van der Waals surface area contributed by atoms with Crippen LogP contribution in [0, 0.1) is 5.82 Å². The molecule has 1 aliphatic rings. The predicted molar refractivity (Wildman–Crippen MR) is 75.0 cm³/mol. The maximum atomic E-state index is 13.6. The van der Waals surface area contributed by atoms with Crippen LogP contribution < -0.4 is 4.72 Å². The fraction of sp³-hybridized carbons (Fsp3) is 0.500. The van der Waals surface area contributed by atoms with E-state index in [1.807, 2.05) is 0 Å². The number of hydrogen-bond donors (Lipinski definition) is 2. The highest BCUT2D eigenvalue weighted by Gasteiger charge is 2.30. The third kappa shape index (κ3) is 3.26. The zero-order valence-electron chi connectivity index (χ0n) is 10.4. The quantitative estimate of drug-likeness (QED) is 0.830. The monoisotopic (exact) mass is 341 g/mol. The Labute approximate surface area is 126 Å². The molecule has 1 aliphatic carbocycles. The van der Waals surface area contributed by atoms with Gasteiger partial charge in [0.25, 0.3) is 0 Å². The maximum absolute atomic E-state index is 13.6. The lowest BCUT2D eigenvalue weighted by molar-refractivity contribution is 0.101. The summed E-state index contributed by atoms with van der Waals surface area (Å²) in [6.45, 7) is 0. The first kappa shape index (κ1) is 16.0. The average Bonchev–Trinajstić information content (AvgIpc) is 2.38. The molecule has 112 valence electrons. The largest absolute Gasteiger partial charge is 0.391 e.